The summed E-state index contributed by atoms with van der Waals surface area (Å²) < 4.78 is 0. The van der Waals surface area contributed by atoms with Gasteiger partial charge in [-0.05, 0) is 31.2 Å². The second-order valence-electron chi connectivity index (χ2n) is 4.15. The Bertz CT molecular complexity index is 243. The Hall–Kier alpha value is -0.340. The minimum absolute atomic E-state index is 0.506. The van der Waals surface area contributed by atoms with Gasteiger partial charge in [-0.25, -0.2) is 0 Å². The van der Waals surface area contributed by atoms with Crippen molar-refractivity contribution in [2.75, 3.05) is 0 Å². The van der Waals surface area contributed by atoms with E-state index in [9.17, 15) is 0 Å². The van der Waals surface area contributed by atoms with Crippen molar-refractivity contribution in [1.29, 1.82) is 0 Å². The Morgan fingerprint density at radius 3 is 2.73 bits per heavy atom. The van der Waals surface area contributed by atoms with Crippen LogP contribution in [0.15, 0.2) is 17.5 Å². The maximum Gasteiger partial charge on any atom is 0.0388 e. The quantitative estimate of drug-likeness (QED) is 0.726. The number of thiophene rings is 1. The minimum atomic E-state index is 0.506. The van der Waals surface area contributed by atoms with E-state index in [0.717, 1.165) is 0 Å². The summed E-state index contributed by atoms with van der Waals surface area (Å²) in [6.45, 7) is 6.80. The van der Waals surface area contributed by atoms with Crippen LogP contribution in [0.1, 0.15) is 57.4 Å². The molecule has 15 heavy (non-hydrogen) atoms. The number of hydrogen-bond acceptors (Lipinski definition) is 2. The molecule has 1 aromatic rings. The number of unbranched alkanes of at least 4 members (excludes halogenated alkanes) is 1. The Labute approximate surface area is 97.9 Å². The van der Waals surface area contributed by atoms with Crippen LogP contribution in [-0.4, -0.2) is 6.04 Å². The van der Waals surface area contributed by atoms with Gasteiger partial charge in [0.15, 0.2) is 0 Å². The lowest BCUT2D eigenvalue weighted by Gasteiger charge is -2.21. The Morgan fingerprint density at radius 2 is 2.20 bits per heavy atom. The van der Waals surface area contributed by atoms with Gasteiger partial charge in [0.05, 0.1) is 0 Å². The third-order valence-corrected chi connectivity index (χ3v) is 3.91. The average molecular weight is 225 g/mol. The summed E-state index contributed by atoms with van der Waals surface area (Å²) in [5.74, 6) is 0. The molecule has 1 heterocycles. The molecule has 0 fully saturated rings. The molecule has 86 valence electrons. The van der Waals surface area contributed by atoms with Crippen LogP contribution < -0.4 is 5.32 Å². The summed E-state index contributed by atoms with van der Waals surface area (Å²) in [5.41, 5.74) is 0. The van der Waals surface area contributed by atoms with Crippen LogP contribution in [0.4, 0.5) is 0 Å². The zero-order valence-corrected chi connectivity index (χ0v) is 10.9. The molecule has 0 amide bonds. The lowest BCUT2D eigenvalue weighted by atomic mass is 10.1. The molecule has 1 nitrogen and oxygen atoms in total. The molecule has 0 bridgehead atoms. The fraction of sp³-hybridized carbons (Fsp3) is 0.692. The van der Waals surface area contributed by atoms with Crippen LogP contribution in [0.5, 0.6) is 0 Å². The monoisotopic (exact) mass is 225 g/mol. The first-order chi connectivity index (χ1) is 7.27. The summed E-state index contributed by atoms with van der Waals surface area (Å²) in [5, 5.41) is 5.87. The maximum atomic E-state index is 3.71. The summed E-state index contributed by atoms with van der Waals surface area (Å²) in [4.78, 5) is 1.45. The van der Waals surface area contributed by atoms with Gasteiger partial charge in [0, 0.05) is 17.0 Å². The zero-order chi connectivity index (χ0) is 11.1. The molecule has 0 aromatic carbocycles. The highest BCUT2D eigenvalue weighted by molar-refractivity contribution is 7.10. The standard InChI is InChI=1S/C13H23NS/c1-4-6-8-12(5-2)14-11(3)13-9-7-10-15-13/h7,9-12,14H,4-6,8H2,1-3H3/t11-,12?/m0/s1. The van der Waals surface area contributed by atoms with Crippen LogP contribution in [0.2, 0.25) is 0 Å². The highest BCUT2D eigenvalue weighted by atomic mass is 32.1. The third-order valence-electron chi connectivity index (χ3n) is 2.85. The van der Waals surface area contributed by atoms with Gasteiger partial charge in [-0.3, -0.25) is 0 Å². The van der Waals surface area contributed by atoms with Crippen molar-refractivity contribution in [2.24, 2.45) is 0 Å². The molecule has 1 N–H and O–H groups in total. The number of hydrogen-bond donors (Lipinski definition) is 1. The normalized spacial score (nSPS) is 15.1. The Balaban J connectivity index is 2.37. The van der Waals surface area contributed by atoms with Crippen molar-refractivity contribution >= 4 is 11.3 Å². The largest absolute Gasteiger partial charge is 0.307 e. The number of nitrogens with one attached hydrogen (secondary N) is 1. The van der Waals surface area contributed by atoms with E-state index >= 15 is 0 Å². The lowest BCUT2D eigenvalue weighted by molar-refractivity contribution is 0.413. The van der Waals surface area contributed by atoms with Crippen LogP contribution in [0, 0.1) is 0 Å². The average Bonchev–Trinajstić information content (AvgIpc) is 2.77. The molecule has 2 atom stereocenters. The first-order valence-electron chi connectivity index (χ1n) is 6.07. The van der Waals surface area contributed by atoms with E-state index in [2.05, 4.69) is 43.6 Å². The first kappa shape index (κ1) is 12.7. The smallest absolute Gasteiger partial charge is 0.0388 e. The highest BCUT2D eigenvalue weighted by Crippen LogP contribution is 2.20. The van der Waals surface area contributed by atoms with Gasteiger partial charge < -0.3 is 5.32 Å². The van der Waals surface area contributed by atoms with Crippen molar-refractivity contribution in [3.8, 4) is 0 Å². The molecule has 0 aliphatic heterocycles. The lowest BCUT2D eigenvalue weighted by Crippen LogP contribution is -2.30. The predicted octanol–water partition coefficient (Wildman–Crippen LogP) is 4.37. The van der Waals surface area contributed by atoms with Crippen LogP contribution >= 0.6 is 11.3 Å². The minimum Gasteiger partial charge on any atom is -0.307 e. The third kappa shape index (κ3) is 4.35. The second-order valence-corrected chi connectivity index (χ2v) is 5.13. The van der Waals surface area contributed by atoms with E-state index < -0.39 is 0 Å². The van der Waals surface area contributed by atoms with Gasteiger partial charge in [0.25, 0.3) is 0 Å². The van der Waals surface area contributed by atoms with E-state index in [0.29, 0.717) is 12.1 Å². The molecule has 0 spiro atoms. The molecular weight excluding hydrogens is 202 g/mol. The van der Waals surface area contributed by atoms with Crippen molar-refractivity contribution in [2.45, 2.75) is 58.5 Å². The summed E-state index contributed by atoms with van der Waals surface area (Å²) >= 11 is 1.84. The summed E-state index contributed by atoms with van der Waals surface area (Å²) in [7, 11) is 0. The molecule has 0 radical (unpaired) electrons. The predicted molar refractivity (Wildman–Crippen MR) is 69.5 cm³/mol. The molecule has 1 unspecified atom stereocenters. The van der Waals surface area contributed by atoms with Gasteiger partial charge in [-0.15, -0.1) is 11.3 Å². The van der Waals surface area contributed by atoms with Gasteiger partial charge in [0.2, 0.25) is 0 Å². The second kappa shape index (κ2) is 7.02. The van der Waals surface area contributed by atoms with Crippen molar-refractivity contribution in [3.63, 3.8) is 0 Å². The van der Waals surface area contributed by atoms with Gasteiger partial charge in [-0.2, -0.15) is 0 Å². The number of rotatable bonds is 7. The van der Waals surface area contributed by atoms with Gasteiger partial charge in [0.1, 0.15) is 0 Å². The Kier molecular flexibility index (Phi) is 5.96. The highest BCUT2D eigenvalue weighted by Gasteiger charge is 2.11. The van der Waals surface area contributed by atoms with E-state index in [-0.39, 0.29) is 0 Å². The molecule has 0 aliphatic rings. The molecule has 0 aliphatic carbocycles. The molecular formula is C13H23NS. The van der Waals surface area contributed by atoms with Crippen molar-refractivity contribution in [3.05, 3.63) is 22.4 Å². The van der Waals surface area contributed by atoms with E-state index in [1.54, 1.807) is 0 Å². The molecule has 0 saturated heterocycles. The topological polar surface area (TPSA) is 12.0 Å². The summed E-state index contributed by atoms with van der Waals surface area (Å²) in [6, 6.07) is 5.54. The SMILES string of the molecule is CCCCC(CC)N[C@@H](C)c1cccs1. The maximum absolute atomic E-state index is 3.71. The van der Waals surface area contributed by atoms with Gasteiger partial charge in [-0.1, -0.05) is 32.8 Å². The van der Waals surface area contributed by atoms with Gasteiger partial charge >= 0.3 is 0 Å². The molecule has 0 saturated carbocycles. The van der Waals surface area contributed by atoms with Crippen molar-refractivity contribution < 1.29 is 0 Å². The molecule has 1 rings (SSSR count). The first-order valence-corrected chi connectivity index (χ1v) is 6.95. The van der Waals surface area contributed by atoms with E-state index in [1.165, 1.54) is 30.6 Å². The summed E-state index contributed by atoms with van der Waals surface area (Å²) in [6.07, 6.45) is 5.17. The van der Waals surface area contributed by atoms with Crippen LogP contribution in [-0.2, 0) is 0 Å². The fourth-order valence-corrected chi connectivity index (χ4v) is 2.57. The fourth-order valence-electron chi connectivity index (χ4n) is 1.83. The van der Waals surface area contributed by atoms with Crippen molar-refractivity contribution in [1.82, 2.24) is 5.32 Å². The zero-order valence-electron chi connectivity index (χ0n) is 10.1. The van der Waals surface area contributed by atoms with E-state index in [4.69, 9.17) is 0 Å². The van der Waals surface area contributed by atoms with Crippen LogP contribution in [0.3, 0.4) is 0 Å². The molecule has 1 aromatic heterocycles. The van der Waals surface area contributed by atoms with Crippen LogP contribution in [0.25, 0.3) is 0 Å². The molecule has 2 heteroatoms. The van der Waals surface area contributed by atoms with E-state index in [1.807, 2.05) is 11.3 Å². The Morgan fingerprint density at radius 1 is 1.40 bits per heavy atom.